The van der Waals surface area contributed by atoms with Crippen LogP contribution in [0.3, 0.4) is 0 Å². The Morgan fingerprint density at radius 1 is 1.26 bits per heavy atom. The van der Waals surface area contributed by atoms with Gasteiger partial charge in [0.2, 0.25) is 0 Å². The third-order valence-electron chi connectivity index (χ3n) is 4.34. The molecule has 4 rings (SSSR count). The lowest BCUT2D eigenvalue weighted by atomic mass is 10.1. The summed E-state index contributed by atoms with van der Waals surface area (Å²) in [5.74, 6) is 2.64. The second-order valence-corrected chi connectivity index (χ2v) is 6.62. The SMILES string of the molecule is CC(Cl)c1nc2cccnc2n1C(C1CC1)C1CC1. The fraction of sp³-hybridized carbons (Fsp3) is 0.600. The van der Waals surface area contributed by atoms with Gasteiger partial charge in [0.05, 0.1) is 5.38 Å². The highest BCUT2D eigenvalue weighted by Crippen LogP contribution is 2.53. The molecule has 2 aromatic heterocycles. The zero-order valence-electron chi connectivity index (χ0n) is 11.1. The quantitative estimate of drug-likeness (QED) is 0.787. The van der Waals surface area contributed by atoms with E-state index >= 15 is 0 Å². The lowest BCUT2D eigenvalue weighted by Crippen LogP contribution is -2.17. The minimum atomic E-state index is -0.0609. The van der Waals surface area contributed by atoms with Gasteiger partial charge in [0.15, 0.2) is 5.65 Å². The maximum Gasteiger partial charge on any atom is 0.160 e. The molecule has 2 aliphatic carbocycles. The molecule has 2 aliphatic rings. The van der Waals surface area contributed by atoms with E-state index in [9.17, 15) is 0 Å². The molecule has 0 amide bonds. The van der Waals surface area contributed by atoms with Crippen molar-refractivity contribution in [3.63, 3.8) is 0 Å². The average molecular weight is 276 g/mol. The molecule has 0 saturated heterocycles. The van der Waals surface area contributed by atoms with Crippen LogP contribution in [0.2, 0.25) is 0 Å². The van der Waals surface area contributed by atoms with Gasteiger partial charge in [-0.25, -0.2) is 9.97 Å². The van der Waals surface area contributed by atoms with Crippen molar-refractivity contribution in [1.82, 2.24) is 14.5 Å². The molecular formula is C15H18ClN3. The molecule has 2 saturated carbocycles. The summed E-state index contributed by atoms with van der Waals surface area (Å²) in [5, 5.41) is -0.0609. The number of aromatic nitrogens is 3. The lowest BCUT2D eigenvalue weighted by Gasteiger charge is -2.21. The maximum atomic E-state index is 6.36. The van der Waals surface area contributed by atoms with Gasteiger partial charge in [0.25, 0.3) is 0 Å². The predicted octanol–water partition coefficient (Wildman–Crippen LogP) is 4.09. The van der Waals surface area contributed by atoms with Gasteiger partial charge in [0, 0.05) is 12.2 Å². The first-order valence-electron chi connectivity index (χ1n) is 7.22. The van der Waals surface area contributed by atoms with Crippen LogP contribution in [-0.4, -0.2) is 14.5 Å². The number of fused-ring (bicyclic) bond motifs is 1. The first kappa shape index (κ1) is 11.7. The van der Waals surface area contributed by atoms with Gasteiger partial charge in [-0.2, -0.15) is 0 Å². The van der Waals surface area contributed by atoms with Crippen molar-refractivity contribution in [2.75, 3.05) is 0 Å². The Morgan fingerprint density at radius 2 is 1.95 bits per heavy atom. The molecule has 0 aliphatic heterocycles. The van der Waals surface area contributed by atoms with Crippen LogP contribution in [0.25, 0.3) is 11.2 Å². The van der Waals surface area contributed by atoms with Crippen molar-refractivity contribution in [1.29, 1.82) is 0 Å². The highest BCUT2D eigenvalue weighted by atomic mass is 35.5. The van der Waals surface area contributed by atoms with Crippen molar-refractivity contribution in [3.8, 4) is 0 Å². The summed E-state index contributed by atoms with van der Waals surface area (Å²) in [6.45, 7) is 2.01. The highest BCUT2D eigenvalue weighted by Gasteiger charge is 2.44. The number of pyridine rings is 1. The lowest BCUT2D eigenvalue weighted by molar-refractivity contribution is 0.390. The topological polar surface area (TPSA) is 30.7 Å². The molecule has 2 aromatic rings. The first-order valence-corrected chi connectivity index (χ1v) is 7.66. The van der Waals surface area contributed by atoms with Gasteiger partial charge in [-0.1, -0.05) is 0 Å². The van der Waals surface area contributed by atoms with Gasteiger partial charge < -0.3 is 4.57 Å². The summed E-state index contributed by atoms with van der Waals surface area (Å²) < 4.78 is 2.36. The van der Waals surface area contributed by atoms with Crippen molar-refractivity contribution in [2.24, 2.45) is 11.8 Å². The number of rotatable bonds is 4. The molecule has 0 aromatic carbocycles. The Bertz CT molecular complexity index is 599. The Balaban J connectivity index is 1.91. The summed E-state index contributed by atoms with van der Waals surface area (Å²) in [7, 11) is 0. The van der Waals surface area contributed by atoms with Crippen molar-refractivity contribution in [2.45, 2.75) is 44.0 Å². The number of halogens is 1. The highest BCUT2D eigenvalue weighted by molar-refractivity contribution is 6.20. The predicted molar refractivity (Wildman–Crippen MR) is 76.3 cm³/mol. The number of hydrogen-bond acceptors (Lipinski definition) is 2. The second kappa shape index (κ2) is 4.20. The van der Waals surface area contributed by atoms with Crippen molar-refractivity contribution >= 4 is 22.8 Å². The van der Waals surface area contributed by atoms with E-state index in [0.29, 0.717) is 6.04 Å². The van der Waals surface area contributed by atoms with Crippen LogP contribution >= 0.6 is 11.6 Å². The van der Waals surface area contributed by atoms with Crippen LogP contribution in [0, 0.1) is 11.8 Å². The van der Waals surface area contributed by atoms with Crippen LogP contribution < -0.4 is 0 Å². The normalized spacial score (nSPS) is 21.2. The van der Waals surface area contributed by atoms with E-state index in [1.807, 2.05) is 25.3 Å². The Kier molecular flexibility index (Phi) is 2.59. The number of nitrogens with zero attached hydrogens (tertiary/aromatic N) is 3. The molecule has 2 fully saturated rings. The van der Waals surface area contributed by atoms with Gasteiger partial charge in [0.1, 0.15) is 11.3 Å². The summed E-state index contributed by atoms with van der Waals surface area (Å²) >= 11 is 6.36. The van der Waals surface area contributed by atoms with Gasteiger partial charge in [-0.3, -0.25) is 0 Å². The molecular weight excluding hydrogens is 258 g/mol. The van der Waals surface area contributed by atoms with Gasteiger partial charge in [-0.15, -0.1) is 11.6 Å². The third-order valence-corrected chi connectivity index (χ3v) is 4.54. The molecule has 1 unspecified atom stereocenters. The molecule has 100 valence electrons. The molecule has 4 heteroatoms. The zero-order chi connectivity index (χ0) is 13.0. The van der Waals surface area contributed by atoms with E-state index in [2.05, 4.69) is 9.55 Å². The van der Waals surface area contributed by atoms with Crippen LogP contribution in [0.5, 0.6) is 0 Å². The van der Waals surface area contributed by atoms with E-state index < -0.39 is 0 Å². The molecule has 0 radical (unpaired) electrons. The van der Waals surface area contributed by atoms with E-state index in [0.717, 1.165) is 28.8 Å². The second-order valence-electron chi connectivity index (χ2n) is 5.97. The average Bonchev–Trinajstić information content (AvgIpc) is 3.28. The van der Waals surface area contributed by atoms with Crippen LogP contribution in [0.15, 0.2) is 18.3 Å². The summed E-state index contributed by atoms with van der Waals surface area (Å²) in [6, 6.07) is 4.57. The number of imidazole rings is 1. The zero-order valence-corrected chi connectivity index (χ0v) is 11.8. The summed E-state index contributed by atoms with van der Waals surface area (Å²) in [6.07, 6.45) is 7.27. The molecule has 0 N–H and O–H groups in total. The molecule has 0 spiro atoms. The van der Waals surface area contributed by atoms with E-state index in [4.69, 9.17) is 16.6 Å². The maximum absolute atomic E-state index is 6.36. The minimum Gasteiger partial charge on any atom is -0.308 e. The van der Waals surface area contributed by atoms with E-state index in [1.165, 1.54) is 25.7 Å². The van der Waals surface area contributed by atoms with Crippen molar-refractivity contribution in [3.05, 3.63) is 24.2 Å². The molecule has 3 nitrogen and oxygen atoms in total. The minimum absolute atomic E-state index is 0.0609. The third kappa shape index (κ3) is 1.95. The van der Waals surface area contributed by atoms with E-state index in [1.54, 1.807) is 0 Å². The fourth-order valence-electron chi connectivity index (χ4n) is 3.20. The van der Waals surface area contributed by atoms with Crippen molar-refractivity contribution < 1.29 is 0 Å². The number of alkyl halides is 1. The van der Waals surface area contributed by atoms with Crippen LogP contribution in [0.4, 0.5) is 0 Å². The monoisotopic (exact) mass is 275 g/mol. The summed E-state index contributed by atoms with van der Waals surface area (Å²) in [4.78, 5) is 9.29. The molecule has 19 heavy (non-hydrogen) atoms. The standard InChI is InChI=1S/C15H18ClN3/c1-9(16)14-18-12-3-2-8-17-15(12)19(14)13(10-4-5-10)11-6-7-11/h2-3,8-11,13H,4-7H2,1H3. The molecule has 2 heterocycles. The van der Waals surface area contributed by atoms with E-state index in [-0.39, 0.29) is 5.38 Å². The largest absolute Gasteiger partial charge is 0.308 e. The number of hydrogen-bond donors (Lipinski definition) is 0. The fourth-order valence-corrected chi connectivity index (χ4v) is 3.36. The van der Waals surface area contributed by atoms with Crippen LogP contribution in [0.1, 0.15) is 49.9 Å². The molecule has 0 bridgehead atoms. The smallest absolute Gasteiger partial charge is 0.160 e. The molecule has 1 atom stereocenters. The summed E-state index contributed by atoms with van der Waals surface area (Å²) in [5.41, 5.74) is 2.00. The Labute approximate surface area is 118 Å². The van der Waals surface area contributed by atoms with Gasteiger partial charge in [-0.05, 0) is 56.6 Å². The van der Waals surface area contributed by atoms with Gasteiger partial charge >= 0.3 is 0 Å². The van der Waals surface area contributed by atoms with Crippen LogP contribution in [-0.2, 0) is 0 Å². The Morgan fingerprint density at radius 3 is 2.53 bits per heavy atom. The Hall–Kier alpha value is -1.09. The first-order chi connectivity index (χ1) is 9.25.